The lowest BCUT2D eigenvalue weighted by molar-refractivity contribution is -0.142. The minimum absolute atomic E-state index is 0.0729. The van der Waals surface area contributed by atoms with Gasteiger partial charge in [-0.05, 0) is 29.7 Å². The van der Waals surface area contributed by atoms with Gasteiger partial charge in [-0.3, -0.25) is 14.5 Å². The van der Waals surface area contributed by atoms with Crippen molar-refractivity contribution >= 4 is 46.1 Å². The molecule has 10 nitrogen and oxygen atoms in total. The van der Waals surface area contributed by atoms with E-state index in [9.17, 15) is 24.3 Å². The fourth-order valence-electron chi connectivity index (χ4n) is 4.14. The van der Waals surface area contributed by atoms with Crippen molar-refractivity contribution in [2.75, 3.05) is 16.8 Å². The molecule has 5 N–H and O–H groups in total. The summed E-state index contributed by atoms with van der Waals surface area (Å²) in [7, 11) is 0. The molecule has 1 aliphatic rings. The molecule has 0 bridgehead atoms. The first-order valence-electron chi connectivity index (χ1n) is 11.3. The molecule has 2 atom stereocenters. The summed E-state index contributed by atoms with van der Waals surface area (Å²) in [6, 6.07) is 11.5. The van der Waals surface area contributed by atoms with E-state index >= 15 is 0 Å². The van der Waals surface area contributed by atoms with Crippen LogP contribution < -0.4 is 20.9 Å². The summed E-state index contributed by atoms with van der Waals surface area (Å²) in [4.78, 5) is 54.6. The molecule has 2 aromatic carbocycles. The van der Waals surface area contributed by atoms with Crippen molar-refractivity contribution in [1.82, 2.24) is 15.6 Å². The van der Waals surface area contributed by atoms with Crippen LogP contribution in [0, 0.1) is 5.92 Å². The van der Waals surface area contributed by atoms with E-state index in [2.05, 4.69) is 20.9 Å². The van der Waals surface area contributed by atoms with Crippen LogP contribution >= 0.6 is 0 Å². The summed E-state index contributed by atoms with van der Waals surface area (Å²) in [5.41, 5.74) is 2.63. The molecule has 0 fully saturated rings. The number of aromatic nitrogens is 1. The van der Waals surface area contributed by atoms with Gasteiger partial charge in [0.05, 0.1) is 11.4 Å². The van der Waals surface area contributed by atoms with Crippen molar-refractivity contribution in [3.63, 3.8) is 0 Å². The Morgan fingerprint density at radius 2 is 1.77 bits per heavy atom. The molecule has 1 aliphatic heterocycles. The highest BCUT2D eigenvalue weighted by Gasteiger charge is 2.33. The van der Waals surface area contributed by atoms with E-state index in [0.29, 0.717) is 11.4 Å². The zero-order valence-corrected chi connectivity index (χ0v) is 19.4. The molecule has 0 saturated carbocycles. The van der Waals surface area contributed by atoms with Crippen molar-refractivity contribution in [3.05, 3.63) is 60.3 Å². The zero-order chi connectivity index (χ0) is 25.1. The van der Waals surface area contributed by atoms with E-state index in [-0.39, 0.29) is 24.8 Å². The molecule has 1 aromatic heterocycles. The maximum Gasteiger partial charge on any atom is 0.326 e. The second-order valence-electron chi connectivity index (χ2n) is 8.79. The highest BCUT2D eigenvalue weighted by atomic mass is 16.4. The lowest BCUT2D eigenvalue weighted by Crippen LogP contribution is -2.57. The molecular formula is C25H27N5O5. The van der Waals surface area contributed by atoms with Gasteiger partial charge in [-0.25, -0.2) is 9.59 Å². The highest BCUT2D eigenvalue weighted by Crippen LogP contribution is 2.29. The Morgan fingerprint density at radius 3 is 2.51 bits per heavy atom. The Morgan fingerprint density at radius 1 is 1.06 bits per heavy atom. The summed E-state index contributed by atoms with van der Waals surface area (Å²) < 4.78 is 0. The van der Waals surface area contributed by atoms with E-state index in [1.807, 2.05) is 24.3 Å². The molecule has 0 aliphatic carbocycles. The number of H-pyrrole nitrogens is 1. The number of urea groups is 1. The Labute approximate surface area is 201 Å². The molecule has 182 valence electrons. The van der Waals surface area contributed by atoms with Crippen molar-refractivity contribution in [3.8, 4) is 0 Å². The second kappa shape index (κ2) is 9.88. The van der Waals surface area contributed by atoms with Crippen molar-refractivity contribution in [1.29, 1.82) is 0 Å². The van der Waals surface area contributed by atoms with Gasteiger partial charge in [0, 0.05) is 23.5 Å². The van der Waals surface area contributed by atoms with Gasteiger partial charge < -0.3 is 26.0 Å². The number of anilines is 2. The van der Waals surface area contributed by atoms with Crippen LogP contribution in [0.4, 0.5) is 16.2 Å². The maximum absolute atomic E-state index is 13.1. The first kappa shape index (κ1) is 23.8. The molecule has 4 amide bonds. The van der Waals surface area contributed by atoms with E-state index in [0.717, 1.165) is 16.5 Å². The van der Waals surface area contributed by atoms with E-state index in [4.69, 9.17) is 0 Å². The molecule has 2 heterocycles. The Kier molecular flexibility index (Phi) is 6.72. The summed E-state index contributed by atoms with van der Waals surface area (Å²) in [6.07, 6.45) is 1.80. The number of nitrogens with zero attached hydrogens (tertiary/aromatic N) is 1. The van der Waals surface area contributed by atoms with Gasteiger partial charge in [-0.2, -0.15) is 0 Å². The van der Waals surface area contributed by atoms with Gasteiger partial charge in [0.2, 0.25) is 11.8 Å². The summed E-state index contributed by atoms with van der Waals surface area (Å²) >= 11 is 0. The number of para-hydroxylation sites is 3. The average Bonchev–Trinajstić information content (AvgIpc) is 3.23. The predicted molar refractivity (Wildman–Crippen MR) is 131 cm³/mol. The SMILES string of the molecule is CC(C)[C@H](NC(=O)N1CC(=O)Nc2ccccc21)C(=O)N[C@H](Cc1c[nH]c2ccccc12)C(=O)O. The van der Waals surface area contributed by atoms with Crippen LogP contribution in [0.1, 0.15) is 19.4 Å². The Balaban J connectivity index is 1.49. The fourth-order valence-corrected chi connectivity index (χ4v) is 4.14. The Bertz CT molecular complexity index is 1280. The largest absolute Gasteiger partial charge is 0.480 e. The topological polar surface area (TPSA) is 144 Å². The van der Waals surface area contributed by atoms with Gasteiger partial charge >= 0.3 is 12.0 Å². The fraction of sp³-hybridized carbons (Fsp3) is 0.280. The van der Waals surface area contributed by atoms with Crippen LogP contribution in [0.2, 0.25) is 0 Å². The summed E-state index contributed by atoms with van der Waals surface area (Å²) in [6.45, 7) is 3.29. The number of fused-ring (bicyclic) bond motifs is 2. The number of hydrogen-bond acceptors (Lipinski definition) is 4. The minimum atomic E-state index is -1.19. The van der Waals surface area contributed by atoms with Crippen molar-refractivity contribution < 1.29 is 24.3 Å². The minimum Gasteiger partial charge on any atom is -0.480 e. The normalized spacial score (nSPS) is 14.7. The van der Waals surface area contributed by atoms with Crippen molar-refractivity contribution in [2.24, 2.45) is 5.92 Å². The van der Waals surface area contributed by atoms with Gasteiger partial charge in [-0.15, -0.1) is 0 Å². The third-order valence-corrected chi connectivity index (χ3v) is 5.96. The molecule has 10 heteroatoms. The molecule has 0 radical (unpaired) electrons. The summed E-state index contributed by atoms with van der Waals surface area (Å²) in [5.74, 6) is -2.49. The third-order valence-electron chi connectivity index (χ3n) is 5.96. The van der Waals surface area contributed by atoms with Crippen LogP contribution in [0.25, 0.3) is 10.9 Å². The first-order chi connectivity index (χ1) is 16.7. The van der Waals surface area contributed by atoms with Gasteiger partial charge in [0.25, 0.3) is 0 Å². The number of benzene rings is 2. The van der Waals surface area contributed by atoms with Crippen LogP contribution in [0.15, 0.2) is 54.7 Å². The maximum atomic E-state index is 13.1. The number of carboxylic acid groups (broad SMARTS) is 1. The number of carbonyl (C=O) groups is 4. The molecular weight excluding hydrogens is 450 g/mol. The second-order valence-corrected chi connectivity index (χ2v) is 8.79. The molecule has 3 aromatic rings. The molecule has 0 saturated heterocycles. The molecule has 0 spiro atoms. The van der Waals surface area contributed by atoms with Crippen LogP contribution in [-0.2, 0) is 20.8 Å². The van der Waals surface area contributed by atoms with E-state index < -0.39 is 30.0 Å². The number of amides is 4. The summed E-state index contributed by atoms with van der Waals surface area (Å²) in [5, 5.41) is 18.6. The van der Waals surface area contributed by atoms with E-state index in [1.54, 1.807) is 44.3 Å². The number of nitrogens with one attached hydrogen (secondary N) is 4. The van der Waals surface area contributed by atoms with Crippen molar-refractivity contribution in [2.45, 2.75) is 32.4 Å². The highest BCUT2D eigenvalue weighted by molar-refractivity contribution is 6.10. The van der Waals surface area contributed by atoms with Gasteiger partial charge in [0.15, 0.2) is 0 Å². The Hall–Kier alpha value is -4.34. The molecule has 4 rings (SSSR count). The number of carboxylic acids is 1. The van der Waals surface area contributed by atoms with Crippen LogP contribution in [0.5, 0.6) is 0 Å². The number of aromatic amines is 1. The third kappa shape index (κ3) is 5.11. The quantitative estimate of drug-likeness (QED) is 0.355. The lowest BCUT2D eigenvalue weighted by atomic mass is 10.0. The standard InChI is InChI=1S/C25H27N5O5/c1-14(2)22(29-25(35)30-13-21(31)27-18-9-5-6-10-20(18)30)23(32)28-19(24(33)34)11-15-12-26-17-8-4-3-7-16(15)17/h3-10,12,14,19,22,26H,11,13H2,1-2H3,(H,27,31)(H,28,32)(H,29,35)(H,33,34)/t19-,22+/m1/s1. The number of aliphatic carboxylic acids is 1. The lowest BCUT2D eigenvalue weighted by Gasteiger charge is -2.31. The van der Waals surface area contributed by atoms with Gasteiger partial charge in [-0.1, -0.05) is 44.2 Å². The number of rotatable bonds is 7. The first-order valence-corrected chi connectivity index (χ1v) is 11.3. The number of carbonyl (C=O) groups excluding carboxylic acids is 3. The van der Waals surface area contributed by atoms with Crippen LogP contribution in [-0.4, -0.2) is 52.5 Å². The molecule has 35 heavy (non-hydrogen) atoms. The zero-order valence-electron chi connectivity index (χ0n) is 19.4. The van der Waals surface area contributed by atoms with E-state index in [1.165, 1.54) is 4.90 Å². The van der Waals surface area contributed by atoms with Gasteiger partial charge in [0.1, 0.15) is 18.6 Å². The smallest absolute Gasteiger partial charge is 0.326 e. The number of hydrogen-bond donors (Lipinski definition) is 5. The monoisotopic (exact) mass is 477 g/mol. The van der Waals surface area contributed by atoms with Crippen LogP contribution in [0.3, 0.4) is 0 Å². The molecule has 0 unspecified atom stereocenters. The predicted octanol–water partition coefficient (Wildman–Crippen LogP) is 2.47. The average molecular weight is 478 g/mol.